The molecular weight excluding hydrogens is 480 g/mol. The third-order valence-electron chi connectivity index (χ3n) is 2.30. The first-order valence-electron chi connectivity index (χ1n) is 8.41. The first kappa shape index (κ1) is 26.9. The number of aromatic amines is 2. The van der Waals surface area contributed by atoms with Crippen LogP contribution in [0.5, 0.6) is 0 Å². The van der Waals surface area contributed by atoms with Crippen LogP contribution >= 0.6 is 0 Å². The second-order valence-electron chi connectivity index (χ2n) is 4.42. The summed E-state index contributed by atoms with van der Waals surface area (Å²) in [5.74, 6) is 0. The molecule has 12 nitrogen and oxygen atoms in total. The smallest absolute Gasteiger partial charge is 0.582 e. The minimum Gasteiger partial charge on any atom is -0.582 e. The zero-order chi connectivity index (χ0) is 21.2. The first-order chi connectivity index (χ1) is 15.0. The Morgan fingerprint density at radius 1 is 0.419 bits per heavy atom. The molecule has 0 unspecified atom stereocenters. The number of nitrogens with one attached hydrogen (secondary N) is 2. The predicted octanol–water partition coefficient (Wildman–Crippen LogP) is 0.972. The van der Waals surface area contributed by atoms with Gasteiger partial charge in [0, 0.05) is 49.6 Å². The van der Waals surface area contributed by atoms with E-state index in [1.54, 1.807) is 98.6 Å². The van der Waals surface area contributed by atoms with Crippen LogP contribution in [0.25, 0.3) is 0 Å². The second kappa shape index (κ2) is 24.0. The molecule has 0 aliphatic heterocycles. The van der Waals surface area contributed by atoms with Gasteiger partial charge in [0.15, 0.2) is 0 Å². The van der Waals surface area contributed by atoms with Crippen molar-refractivity contribution in [3.05, 3.63) is 111 Å². The fraction of sp³-hybridized carbons (Fsp3) is 0. The van der Waals surface area contributed by atoms with E-state index >= 15 is 0 Å². The van der Waals surface area contributed by atoms with Crippen LogP contribution in [0.3, 0.4) is 0 Å². The van der Waals surface area contributed by atoms with E-state index in [1.807, 2.05) is 12.1 Å². The van der Waals surface area contributed by atoms with E-state index in [-0.39, 0.29) is 21.1 Å². The third kappa shape index (κ3) is 22.1. The van der Waals surface area contributed by atoms with Gasteiger partial charge in [-0.2, -0.15) is 35.0 Å². The number of hydrogen-bond donors (Lipinski definition) is 2. The van der Waals surface area contributed by atoms with Gasteiger partial charge >= 0.3 is 21.1 Å². The van der Waals surface area contributed by atoms with Crippen LogP contribution in [-0.2, 0) is 21.1 Å². The molecule has 0 aromatic carbocycles. The summed E-state index contributed by atoms with van der Waals surface area (Å²) in [5.41, 5.74) is 0. The summed E-state index contributed by atoms with van der Waals surface area (Å²) in [5, 5.41) is 40.2. The number of H-pyrrole nitrogens is 2. The van der Waals surface area contributed by atoms with Crippen LogP contribution in [0.1, 0.15) is 0 Å². The Labute approximate surface area is 193 Å². The molecule has 6 heterocycles. The fourth-order valence-electron chi connectivity index (χ4n) is 1.20. The maximum absolute atomic E-state index is 3.60. The number of aromatic nitrogens is 12. The molecular formula is C18H20MoN12. The van der Waals surface area contributed by atoms with Gasteiger partial charge in [0.25, 0.3) is 0 Å². The van der Waals surface area contributed by atoms with E-state index in [1.165, 1.54) is 0 Å². The molecule has 31 heavy (non-hydrogen) atoms. The van der Waals surface area contributed by atoms with Gasteiger partial charge in [0.1, 0.15) is 0 Å². The summed E-state index contributed by atoms with van der Waals surface area (Å²) in [6.45, 7) is 0. The topological polar surface area (TPSA) is 165 Å². The first-order valence-corrected chi connectivity index (χ1v) is 8.41. The average Bonchev–Trinajstić information content (AvgIpc) is 3.69. The molecule has 0 aliphatic carbocycles. The largest absolute Gasteiger partial charge is 4.00 e. The molecule has 2 N–H and O–H groups in total. The maximum atomic E-state index is 3.60. The van der Waals surface area contributed by atoms with Gasteiger partial charge < -0.3 is 40.8 Å². The van der Waals surface area contributed by atoms with Crippen molar-refractivity contribution < 1.29 is 21.1 Å². The Morgan fingerprint density at radius 2 is 0.742 bits per heavy atom. The zero-order valence-corrected chi connectivity index (χ0v) is 18.3. The molecule has 0 saturated carbocycles. The quantitative estimate of drug-likeness (QED) is 0.287. The molecule has 0 amide bonds. The monoisotopic (exact) mass is 502 g/mol. The molecule has 0 saturated heterocycles. The molecule has 6 rings (SSSR count). The molecule has 0 aliphatic rings. The number of rotatable bonds is 0. The Kier molecular flexibility index (Phi) is 20.9. The van der Waals surface area contributed by atoms with Crippen LogP contribution in [0.4, 0.5) is 0 Å². The van der Waals surface area contributed by atoms with Gasteiger partial charge in [-0.25, -0.2) is 0 Å². The van der Waals surface area contributed by atoms with E-state index in [4.69, 9.17) is 0 Å². The summed E-state index contributed by atoms with van der Waals surface area (Å²) in [7, 11) is 0. The molecule has 158 valence electrons. The SMILES string of the molecule is [Mo+4].c1cn[n-]c1.c1cn[n-]c1.c1cn[n-]c1.c1cn[n-]c1.c1cn[nH]c1.c1cn[nH]c1. The van der Waals surface area contributed by atoms with Gasteiger partial charge in [0.05, 0.1) is 0 Å². The van der Waals surface area contributed by atoms with Gasteiger partial charge in [0.2, 0.25) is 0 Å². The second-order valence-corrected chi connectivity index (χ2v) is 4.42. The Balaban J connectivity index is 0.000000346. The maximum Gasteiger partial charge on any atom is 4.00 e. The van der Waals surface area contributed by atoms with Crippen LogP contribution in [0, 0.1) is 0 Å². The minimum atomic E-state index is 0. The van der Waals surface area contributed by atoms with Gasteiger partial charge in [-0.15, -0.1) is 0 Å². The molecule has 0 radical (unpaired) electrons. The van der Waals surface area contributed by atoms with Crippen LogP contribution in [0.15, 0.2) is 111 Å². The van der Waals surface area contributed by atoms with Crippen molar-refractivity contribution in [2.24, 2.45) is 0 Å². The molecule has 0 bridgehead atoms. The number of nitrogens with zero attached hydrogens (tertiary/aromatic N) is 10. The van der Waals surface area contributed by atoms with E-state index in [9.17, 15) is 0 Å². The fourth-order valence-corrected chi connectivity index (χ4v) is 1.20. The zero-order valence-electron chi connectivity index (χ0n) is 16.3. The van der Waals surface area contributed by atoms with E-state index in [0.29, 0.717) is 0 Å². The van der Waals surface area contributed by atoms with Gasteiger partial charge in [-0.05, 0) is 12.1 Å². The molecule has 0 spiro atoms. The van der Waals surface area contributed by atoms with Crippen LogP contribution in [-0.4, -0.2) is 40.8 Å². The van der Waals surface area contributed by atoms with Gasteiger partial charge in [-0.1, -0.05) is 24.3 Å². The molecule has 13 heteroatoms. The number of hydrogen-bond acceptors (Lipinski definition) is 6. The van der Waals surface area contributed by atoms with Crippen molar-refractivity contribution >= 4 is 0 Å². The van der Waals surface area contributed by atoms with Crippen LogP contribution < -0.4 is 20.4 Å². The Bertz CT molecular complexity index is 578. The summed E-state index contributed by atoms with van der Waals surface area (Å²) in [6.07, 6.45) is 20.0. The Hall–Kier alpha value is -4.05. The van der Waals surface area contributed by atoms with Crippen molar-refractivity contribution in [3.8, 4) is 0 Å². The third-order valence-corrected chi connectivity index (χ3v) is 2.30. The molecule has 6 aromatic rings. The molecule has 6 aromatic heterocycles. The van der Waals surface area contributed by atoms with E-state index in [2.05, 4.69) is 61.2 Å². The standard InChI is InChI=1S/2C3H4N2.4C3H3N2.Mo/c6*1-2-4-5-3-1;/h2*1-3H,(H,4,5);4*1-3H;/q;;4*-1;+4. The Morgan fingerprint density at radius 3 is 0.806 bits per heavy atom. The van der Waals surface area contributed by atoms with Crippen molar-refractivity contribution in [2.75, 3.05) is 0 Å². The molecule has 0 fully saturated rings. The van der Waals surface area contributed by atoms with E-state index < -0.39 is 0 Å². The normalized spacial score (nSPS) is 7.74. The van der Waals surface area contributed by atoms with E-state index in [0.717, 1.165) is 0 Å². The molecule has 0 atom stereocenters. The predicted molar refractivity (Wildman–Crippen MR) is 107 cm³/mol. The van der Waals surface area contributed by atoms with Crippen molar-refractivity contribution in [1.29, 1.82) is 0 Å². The van der Waals surface area contributed by atoms with Crippen molar-refractivity contribution in [3.63, 3.8) is 0 Å². The summed E-state index contributed by atoms with van der Waals surface area (Å²) in [4.78, 5) is 0. The minimum absolute atomic E-state index is 0. The summed E-state index contributed by atoms with van der Waals surface area (Å²) >= 11 is 0. The van der Waals surface area contributed by atoms with Gasteiger partial charge in [-0.3, -0.25) is 10.2 Å². The van der Waals surface area contributed by atoms with Crippen LogP contribution in [0.2, 0.25) is 0 Å². The van der Waals surface area contributed by atoms with Crippen molar-refractivity contribution in [2.45, 2.75) is 0 Å². The average molecular weight is 500 g/mol. The summed E-state index contributed by atoms with van der Waals surface area (Å²) < 4.78 is 0. The summed E-state index contributed by atoms with van der Waals surface area (Å²) in [6, 6.07) is 10.8. The van der Waals surface area contributed by atoms with Crippen molar-refractivity contribution in [1.82, 2.24) is 61.2 Å².